The Kier molecular flexibility index (Phi) is 5.68. The lowest BCUT2D eigenvalue weighted by atomic mass is 10.0. The minimum atomic E-state index is -0.881. The van der Waals surface area contributed by atoms with Gasteiger partial charge in [-0.05, 0) is 58.1 Å². The van der Waals surface area contributed by atoms with Gasteiger partial charge < -0.3 is 10.1 Å². The summed E-state index contributed by atoms with van der Waals surface area (Å²) in [5, 5.41) is 5.95. The van der Waals surface area contributed by atoms with E-state index in [1.54, 1.807) is 0 Å². The quantitative estimate of drug-likeness (QED) is 0.744. The van der Waals surface area contributed by atoms with Gasteiger partial charge in [0.05, 0.1) is 17.6 Å². The van der Waals surface area contributed by atoms with Crippen LogP contribution in [0, 0.1) is 5.82 Å². The second-order valence-corrected chi connectivity index (χ2v) is 6.89. The lowest BCUT2D eigenvalue weighted by Crippen LogP contribution is -2.44. The molecule has 136 valence electrons. The van der Waals surface area contributed by atoms with Crippen LogP contribution in [0.3, 0.4) is 0 Å². The van der Waals surface area contributed by atoms with Crippen LogP contribution in [-0.2, 0) is 20.7 Å². The summed E-state index contributed by atoms with van der Waals surface area (Å²) in [7, 11) is 1.28. The summed E-state index contributed by atoms with van der Waals surface area (Å²) in [5.74, 6) is -1.19. The molecule has 1 aliphatic rings. The number of hydrogen-bond donors (Lipinski definition) is 2. The predicted molar refractivity (Wildman–Crippen MR) is 99.2 cm³/mol. The van der Waals surface area contributed by atoms with E-state index in [0.29, 0.717) is 18.4 Å². The van der Waals surface area contributed by atoms with E-state index in [2.05, 4.69) is 26.6 Å². The number of anilines is 1. The highest BCUT2D eigenvalue weighted by molar-refractivity contribution is 9.10. The molecule has 7 heteroatoms. The van der Waals surface area contributed by atoms with E-state index in [4.69, 9.17) is 4.74 Å². The number of esters is 1. The molecule has 2 aromatic carbocycles. The van der Waals surface area contributed by atoms with Crippen LogP contribution < -0.4 is 10.6 Å². The minimum absolute atomic E-state index is 0.218. The van der Waals surface area contributed by atoms with Crippen molar-refractivity contribution < 1.29 is 18.7 Å². The number of halogens is 2. The van der Waals surface area contributed by atoms with Crippen molar-refractivity contribution in [2.24, 2.45) is 0 Å². The van der Waals surface area contributed by atoms with Gasteiger partial charge in [0.25, 0.3) is 0 Å². The molecular weight excluding hydrogens is 403 g/mol. The van der Waals surface area contributed by atoms with E-state index in [-0.39, 0.29) is 10.4 Å². The highest BCUT2D eigenvalue weighted by atomic mass is 79.9. The topological polar surface area (TPSA) is 67.4 Å². The Morgan fingerprint density at radius 3 is 2.85 bits per heavy atom. The van der Waals surface area contributed by atoms with Crippen molar-refractivity contribution in [3.05, 3.63) is 63.9 Å². The van der Waals surface area contributed by atoms with E-state index >= 15 is 0 Å². The minimum Gasteiger partial charge on any atom is -0.468 e. The third-order valence-corrected chi connectivity index (χ3v) is 4.98. The van der Waals surface area contributed by atoms with E-state index < -0.39 is 23.9 Å². The number of carbonyl (C=O) groups is 2. The van der Waals surface area contributed by atoms with Gasteiger partial charge in [0.15, 0.2) is 0 Å². The van der Waals surface area contributed by atoms with Gasteiger partial charge in [-0.3, -0.25) is 10.1 Å². The van der Waals surface area contributed by atoms with Crippen LogP contribution in [0.4, 0.5) is 10.1 Å². The SMILES string of the molecule is COC(=O)C(NC1CCc2ccccc2NC1=O)c1ccc(F)c(Br)c1. The van der Waals surface area contributed by atoms with Gasteiger partial charge in [-0.1, -0.05) is 24.3 Å². The van der Waals surface area contributed by atoms with Gasteiger partial charge in [0.1, 0.15) is 11.9 Å². The Hall–Kier alpha value is -2.25. The Morgan fingerprint density at radius 2 is 2.12 bits per heavy atom. The lowest BCUT2D eigenvalue weighted by Gasteiger charge is -2.23. The number of para-hydroxylation sites is 1. The summed E-state index contributed by atoms with van der Waals surface area (Å²) in [4.78, 5) is 24.8. The number of aryl methyl sites for hydroxylation is 1. The molecule has 1 amide bonds. The van der Waals surface area contributed by atoms with Crippen LogP contribution in [0.1, 0.15) is 23.6 Å². The van der Waals surface area contributed by atoms with Crippen molar-refractivity contribution >= 4 is 33.5 Å². The molecule has 26 heavy (non-hydrogen) atoms. The molecule has 2 aromatic rings. The van der Waals surface area contributed by atoms with Crippen molar-refractivity contribution in [3.63, 3.8) is 0 Å². The maximum Gasteiger partial charge on any atom is 0.327 e. The highest BCUT2D eigenvalue weighted by Gasteiger charge is 2.30. The molecule has 0 aliphatic carbocycles. The van der Waals surface area contributed by atoms with Crippen molar-refractivity contribution in [1.82, 2.24) is 5.32 Å². The largest absolute Gasteiger partial charge is 0.468 e. The zero-order chi connectivity index (χ0) is 18.7. The van der Waals surface area contributed by atoms with Gasteiger partial charge in [-0.2, -0.15) is 0 Å². The first-order valence-electron chi connectivity index (χ1n) is 8.17. The van der Waals surface area contributed by atoms with Gasteiger partial charge in [0.2, 0.25) is 5.91 Å². The zero-order valence-corrected chi connectivity index (χ0v) is 15.7. The predicted octanol–water partition coefficient (Wildman–Crippen LogP) is 3.35. The smallest absolute Gasteiger partial charge is 0.327 e. The Labute approximate surface area is 159 Å². The monoisotopic (exact) mass is 420 g/mol. The summed E-state index contributed by atoms with van der Waals surface area (Å²) in [5.41, 5.74) is 2.34. The van der Waals surface area contributed by atoms with Gasteiger partial charge in [0, 0.05) is 5.69 Å². The van der Waals surface area contributed by atoms with Crippen molar-refractivity contribution in [2.45, 2.75) is 24.9 Å². The van der Waals surface area contributed by atoms with Crippen molar-refractivity contribution in [3.8, 4) is 0 Å². The second kappa shape index (κ2) is 7.97. The zero-order valence-electron chi connectivity index (χ0n) is 14.1. The fraction of sp³-hybridized carbons (Fsp3) is 0.263. The normalized spacial score (nSPS) is 17.7. The molecule has 2 N–H and O–H groups in total. The maximum absolute atomic E-state index is 13.5. The first-order valence-corrected chi connectivity index (χ1v) is 8.96. The first kappa shape index (κ1) is 18.5. The number of nitrogens with one attached hydrogen (secondary N) is 2. The maximum atomic E-state index is 13.5. The Balaban J connectivity index is 1.84. The molecule has 0 bridgehead atoms. The van der Waals surface area contributed by atoms with Crippen LogP contribution >= 0.6 is 15.9 Å². The Bertz CT molecular complexity index is 843. The molecule has 0 spiro atoms. The molecule has 0 aromatic heterocycles. The van der Waals surface area contributed by atoms with Crippen LogP contribution in [0.15, 0.2) is 46.9 Å². The molecule has 5 nitrogen and oxygen atoms in total. The Morgan fingerprint density at radius 1 is 1.35 bits per heavy atom. The molecule has 3 rings (SSSR count). The number of rotatable bonds is 4. The van der Waals surface area contributed by atoms with Crippen LogP contribution in [0.25, 0.3) is 0 Å². The summed E-state index contributed by atoms with van der Waals surface area (Å²) < 4.78 is 18.6. The molecule has 2 unspecified atom stereocenters. The fourth-order valence-electron chi connectivity index (χ4n) is 2.98. The first-order chi connectivity index (χ1) is 12.5. The molecule has 0 saturated heterocycles. The average Bonchev–Trinajstić information content (AvgIpc) is 2.80. The number of methoxy groups -OCH3 is 1. The number of benzene rings is 2. The molecular formula is C19H18BrFN2O3. The van der Waals surface area contributed by atoms with Crippen LogP contribution in [0.2, 0.25) is 0 Å². The van der Waals surface area contributed by atoms with Gasteiger partial charge in [-0.15, -0.1) is 0 Å². The third-order valence-electron chi connectivity index (χ3n) is 4.38. The van der Waals surface area contributed by atoms with E-state index in [0.717, 1.165) is 11.3 Å². The summed E-state index contributed by atoms with van der Waals surface area (Å²) in [6, 6.07) is 10.4. The number of ether oxygens (including phenoxy) is 1. The van der Waals surface area contributed by atoms with Crippen molar-refractivity contribution in [1.29, 1.82) is 0 Å². The van der Waals surface area contributed by atoms with E-state index in [9.17, 15) is 14.0 Å². The number of hydrogen-bond acceptors (Lipinski definition) is 4. The van der Waals surface area contributed by atoms with Crippen LogP contribution in [0.5, 0.6) is 0 Å². The fourth-order valence-corrected chi connectivity index (χ4v) is 3.38. The van der Waals surface area contributed by atoms with Crippen molar-refractivity contribution in [2.75, 3.05) is 12.4 Å². The van der Waals surface area contributed by atoms with Gasteiger partial charge >= 0.3 is 5.97 Å². The number of fused-ring (bicyclic) bond motifs is 1. The molecule has 2 atom stereocenters. The molecule has 1 aliphatic heterocycles. The highest BCUT2D eigenvalue weighted by Crippen LogP contribution is 2.26. The molecule has 0 radical (unpaired) electrons. The lowest BCUT2D eigenvalue weighted by molar-refractivity contribution is -0.143. The molecule has 0 saturated carbocycles. The standard InChI is InChI=1S/C19H18BrFN2O3/c1-26-19(25)17(12-6-8-14(21)13(20)10-12)22-16-9-7-11-4-2-3-5-15(11)23-18(16)24/h2-6,8,10,16-17,22H,7,9H2,1H3,(H,23,24). The number of amides is 1. The average molecular weight is 421 g/mol. The van der Waals surface area contributed by atoms with E-state index in [1.165, 1.54) is 25.3 Å². The third kappa shape index (κ3) is 3.94. The number of carbonyl (C=O) groups excluding carboxylic acids is 2. The van der Waals surface area contributed by atoms with Crippen LogP contribution in [-0.4, -0.2) is 25.0 Å². The molecule has 1 heterocycles. The molecule has 0 fully saturated rings. The van der Waals surface area contributed by atoms with Gasteiger partial charge in [-0.25, -0.2) is 9.18 Å². The second-order valence-electron chi connectivity index (χ2n) is 6.03. The summed E-state index contributed by atoms with van der Waals surface area (Å²) >= 11 is 3.12. The summed E-state index contributed by atoms with van der Waals surface area (Å²) in [6.07, 6.45) is 1.21. The van der Waals surface area contributed by atoms with E-state index in [1.807, 2.05) is 24.3 Å². The summed E-state index contributed by atoms with van der Waals surface area (Å²) in [6.45, 7) is 0.